The second-order valence-electron chi connectivity index (χ2n) is 5.23. The van der Waals surface area contributed by atoms with Crippen molar-refractivity contribution < 1.29 is 18.3 Å². The van der Waals surface area contributed by atoms with Gasteiger partial charge in [0.15, 0.2) is 0 Å². The smallest absolute Gasteiger partial charge is 0.324 e. The first-order valence-corrected chi connectivity index (χ1v) is 7.68. The molecule has 1 aliphatic rings. The van der Waals surface area contributed by atoms with Gasteiger partial charge in [0.25, 0.3) is 0 Å². The standard InChI is InChI=1S/C11H21NO4S/c1-9(2)8-17(15,16)12-11(10(13)14)6-4-3-5-7-11/h9,12H,3-8H2,1-2H3,(H,13,14). The summed E-state index contributed by atoms with van der Waals surface area (Å²) in [7, 11) is -3.51. The topological polar surface area (TPSA) is 83.5 Å². The van der Waals surface area contributed by atoms with E-state index in [-0.39, 0.29) is 11.7 Å². The van der Waals surface area contributed by atoms with Gasteiger partial charge in [-0.05, 0) is 18.8 Å². The summed E-state index contributed by atoms with van der Waals surface area (Å²) in [5, 5.41) is 9.26. The SMILES string of the molecule is CC(C)CS(=O)(=O)NC1(C(=O)O)CCCCC1. The normalized spacial score (nSPS) is 20.4. The fourth-order valence-electron chi connectivity index (χ4n) is 2.29. The van der Waals surface area contributed by atoms with E-state index in [2.05, 4.69) is 4.72 Å². The van der Waals surface area contributed by atoms with Gasteiger partial charge in [-0.25, -0.2) is 8.42 Å². The molecule has 17 heavy (non-hydrogen) atoms. The number of hydrogen-bond donors (Lipinski definition) is 2. The van der Waals surface area contributed by atoms with Gasteiger partial charge in [-0.3, -0.25) is 4.79 Å². The van der Waals surface area contributed by atoms with Crippen molar-refractivity contribution in [2.75, 3.05) is 5.75 Å². The quantitative estimate of drug-likeness (QED) is 0.784. The Labute approximate surface area is 103 Å². The molecule has 1 saturated carbocycles. The largest absolute Gasteiger partial charge is 0.480 e. The van der Waals surface area contributed by atoms with Crippen LogP contribution in [0.4, 0.5) is 0 Å². The van der Waals surface area contributed by atoms with Crippen molar-refractivity contribution in [3.05, 3.63) is 0 Å². The monoisotopic (exact) mass is 263 g/mol. The van der Waals surface area contributed by atoms with Crippen LogP contribution in [0.1, 0.15) is 46.0 Å². The zero-order chi connectivity index (χ0) is 13.1. The lowest BCUT2D eigenvalue weighted by Crippen LogP contribution is -2.56. The minimum atomic E-state index is -3.51. The van der Waals surface area contributed by atoms with E-state index in [1.807, 2.05) is 0 Å². The molecule has 1 aliphatic carbocycles. The third kappa shape index (κ3) is 3.96. The molecule has 0 heterocycles. The Bertz CT molecular complexity index is 369. The van der Waals surface area contributed by atoms with Crippen molar-refractivity contribution in [3.63, 3.8) is 0 Å². The minimum Gasteiger partial charge on any atom is -0.480 e. The Morgan fingerprint density at radius 1 is 1.29 bits per heavy atom. The highest BCUT2D eigenvalue weighted by Crippen LogP contribution is 2.29. The van der Waals surface area contributed by atoms with E-state index in [1.165, 1.54) is 0 Å². The predicted molar refractivity (Wildman–Crippen MR) is 65.2 cm³/mol. The minimum absolute atomic E-state index is 0.0121. The van der Waals surface area contributed by atoms with Crippen LogP contribution in [-0.4, -0.2) is 30.8 Å². The summed E-state index contributed by atoms with van der Waals surface area (Å²) in [5.74, 6) is -1.09. The van der Waals surface area contributed by atoms with E-state index in [9.17, 15) is 18.3 Å². The van der Waals surface area contributed by atoms with Crippen molar-refractivity contribution in [2.45, 2.75) is 51.5 Å². The van der Waals surface area contributed by atoms with Gasteiger partial charge in [0.2, 0.25) is 10.0 Å². The third-order valence-corrected chi connectivity index (χ3v) is 4.83. The number of nitrogens with one attached hydrogen (secondary N) is 1. The lowest BCUT2D eigenvalue weighted by molar-refractivity contribution is -0.145. The number of sulfonamides is 1. The molecule has 6 heteroatoms. The van der Waals surface area contributed by atoms with E-state index < -0.39 is 21.5 Å². The Kier molecular flexibility index (Phi) is 4.55. The summed E-state index contributed by atoms with van der Waals surface area (Å²) < 4.78 is 26.1. The molecule has 0 aromatic heterocycles. The Balaban J connectivity index is 2.83. The summed E-state index contributed by atoms with van der Waals surface area (Å²) in [6.45, 7) is 3.60. The van der Waals surface area contributed by atoms with Gasteiger partial charge < -0.3 is 5.11 Å². The molecule has 0 aliphatic heterocycles. The third-order valence-electron chi connectivity index (χ3n) is 3.02. The van der Waals surface area contributed by atoms with Crippen molar-refractivity contribution in [2.24, 2.45) is 5.92 Å². The summed E-state index contributed by atoms with van der Waals surface area (Å²) in [6, 6.07) is 0. The maximum Gasteiger partial charge on any atom is 0.324 e. The van der Waals surface area contributed by atoms with Gasteiger partial charge in [0.1, 0.15) is 5.54 Å². The fourth-order valence-corrected chi connectivity index (χ4v) is 4.14. The average Bonchev–Trinajstić information content (AvgIpc) is 2.15. The van der Waals surface area contributed by atoms with Crippen LogP contribution in [0.25, 0.3) is 0 Å². The zero-order valence-electron chi connectivity index (χ0n) is 10.4. The molecule has 0 unspecified atom stereocenters. The molecule has 1 fully saturated rings. The van der Waals surface area contributed by atoms with Gasteiger partial charge in [0, 0.05) is 0 Å². The van der Waals surface area contributed by atoms with Crippen LogP contribution in [0.2, 0.25) is 0 Å². The molecule has 0 aromatic carbocycles. The number of aliphatic carboxylic acids is 1. The summed E-state index contributed by atoms with van der Waals surface area (Å²) in [6.07, 6.45) is 3.27. The van der Waals surface area contributed by atoms with E-state index in [4.69, 9.17) is 0 Å². The Morgan fingerprint density at radius 2 is 1.82 bits per heavy atom. The predicted octanol–water partition coefficient (Wildman–Crippen LogP) is 1.35. The average molecular weight is 263 g/mol. The van der Waals surface area contributed by atoms with Crippen molar-refractivity contribution in [1.82, 2.24) is 4.72 Å². The van der Waals surface area contributed by atoms with E-state index in [0.717, 1.165) is 19.3 Å². The Morgan fingerprint density at radius 3 is 2.24 bits per heavy atom. The van der Waals surface area contributed by atoms with Gasteiger partial charge >= 0.3 is 5.97 Å². The summed E-state index contributed by atoms with van der Waals surface area (Å²) in [4.78, 5) is 11.3. The molecule has 2 N–H and O–H groups in total. The van der Waals surface area contributed by atoms with Crippen LogP contribution >= 0.6 is 0 Å². The van der Waals surface area contributed by atoms with Crippen LogP contribution in [0.5, 0.6) is 0 Å². The second kappa shape index (κ2) is 5.35. The first-order chi connectivity index (χ1) is 7.77. The molecule has 0 spiro atoms. The lowest BCUT2D eigenvalue weighted by atomic mass is 9.83. The molecule has 5 nitrogen and oxygen atoms in total. The fraction of sp³-hybridized carbons (Fsp3) is 0.909. The molecule has 0 bridgehead atoms. The highest BCUT2D eigenvalue weighted by molar-refractivity contribution is 7.89. The van der Waals surface area contributed by atoms with Crippen LogP contribution < -0.4 is 4.72 Å². The molecule has 0 amide bonds. The zero-order valence-corrected chi connectivity index (χ0v) is 11.2. The number of hydrogen-bond acceptors (Lipinski definition) is 3. The molecule has 0 aromatic rings. The number of carbonyl (C=O) groups is 1. The Hall–Kier alpha value is -0.620. The van der Waals surface area contributed by atoms with Gasteiger partial charge in [-0.15, -0.1) is 0 Å². The maximum atomic E-state index is 11.8. The second-order valence-corrected chi connectivity index (χ2v) is 6.99. The number of rotatable bonds is 5. The molecule has 0 saturated heterocycles. The van der Waals surface area contributed by atoms with E-state index >= 15 is 0 Å². The highest BCUT2D eigenvalue weighted by atomic mass is 32.2. The number of carboxylic acids is 1. The molecule has 100 valence electrons. The van der Waals surface area contributed by atoms with Crippen LogP contribution in [0, 0.1) is 5.92 Å². The molecule has 0 atom stereocenters. The van der Waals surface area contributed by atoms with Gasteiger partial charge in [-0.2, -0.15) is 4.72 Å². The first-order valence-electron chi connectivity index (χ1n) is 6.02. The van der Waals surface area contributed by atoms with Gasteiger partial charge in [0.05, 0.1) is 5.75 Å². The molecule has 0 radical (unpaired) electrons. The molecule has 1 rings (SSSR count). The summed E-state index contributed by atoms with van der Waals surface area (Å²) >= 11 is 0. The van der Waals surface area contributed by atoms with Crippen LogP contribution in [-0.2, 0) is 14.8 Å². The van der Waals surface area contributed by atoms with E-state index in [1.54, 1.807) is 13.8 Å². The molecular formula is C11H21NO4S. The maximum absolute atomic E-state index is 11.8. The van der Waals surface area contributed by atoms with Crippen molar-refractivity contribution >= 4 is 16.0 Å². The highest BCUT2D eigenvalue weighted by Gasteiger charge is 2.42. The lowest BCUT2D eigenvalue weighted by Gasteiger charge is -2.33. The van der Waals surface area contributed by atoms with Crippen LogP contribution in [0.3, 0.4) is 0 Å². The van der Waals surface area contributed by atoms with Crippen LogP contribution in [0.15, 0.2) is 0 Å². The number of carboxylic acid groups (broad SMARTS) is 1. The van der Waals surface area contributed by atoms with Gasteiger partial charge in [-0.1, -0.05) is 33.1 Å². The first kappa shape index (κ1) is 14.4. The summed E-state index contributed by atoms with van der Waals surface area (Å²) in [5.41, 5.74) is -1.27. The molecular weight excluding hydrogens is 242 g/mol. The van der Waals surface area contributed by atoms with Crippen molar-refractivity contribution in [3.8, 4) is 0 Å². The van der Waals surface area contributed by atoms with Crippen molar-refractivity contribution in [1.29, 1.82) is 0 Å². The van der Waals surface area contributed by atoms with E-state index in [0.29, 0.717) is 12.8 Å².